The molecule has 1 fully saturated rings. The lowest BCUT2D eigenvalue weighted by molar-refractivity contribution is 0.301. The standard InChI is InChI=1S/C17H17BrFNO/c18-14-3-1-12(2-4-14)11-21-17-8-5-15(19)9-13(17)10-20-16-6-7-16/h1-5,8-9,16,20H,6-7,10-11H2. The Morgan fingerprint density at radius 2 is 1.90 bits per heavy atom. The minimum Gasteiger partial charge on any atom is -0.489 e. The van der Waals surface area contributed by atoms with Crippen LogP contribution >= 0.6 is 15.9 Å². The molecule has 0 amide bonds. The third-order valence-electron chi connectivity index (χ3n) is 3.49. The molecule has 3 rings (SSSR count). The Morgan fingerprint density at radius 3 is 2.62 bits per heavy atom. The zero-order chi connectivity index (χ0) is 14.7. The van der Waals surface area contributed by atoms with E-state index >= 15 is 0 Å². The molecule has 0 aliphatic heterocycles. The molecule has 0 atom stereocenters. The Labute approximate surface area is 132 Å². The molecule has 0 unspecified atom stereocenters. The third-order valence-corrected chi connectivity index (χ3v) is 4.02. The second kappa shape index (κ2) is 6.58. The molecule has 1 aliphatic carbocycles. The van der Waals surface area contributed by atoms with Crippen molar-refractivity contribution in [1.82, 2.24) is 5.32 Å². The van der Waals surface area contributed by atoms with E-state index in [-0.39, 0.29) is 5.82 Å². The van der Waals surface area contributed by atoms with Crippen LogP contribution < -0.4 is 10.1 Å². The van der Waals surface area contributed by atoms with Crippen molar-refractivity contribution in [3.63, 3.8) is 0 Å². The van der Waals surface area contributed by atoms with Crippen LogP contribution in [0.25, 0.3) is 0 Å². The fraction of sp³-hybridized carbons (Fsp3) is 0.294. The molecule has 21 heavy (non-hydrogen) atoms. The quantitative estimate of drug-likeness (QED) is 0.833. The van der Waals surface area contributed by atoms with Crippen molar-refractivity contribution in [3.8, 4) is 5.75 Å². The normalized spacial score (nSPS) is 14.2. The van der Waals surface area contributed by atoms with Gasteiger partial charge in [-0.3, -0.25) is 0 Å². The van der Waals surface area contributed by atoms with Crippen molar-refractivity contribution in [3.05, 3.63) is 63.9 Å². The zero-order valence-electron chi connectivity index (χ0n) is 11.6. The highest BCUT2D eigenvalue weighted by molar-refractivity contribution is 9.10. The predicted molar refractivity (Wildman–Crippen MR) is 84.7 cm³/mol. The summed E-state index contributed by atoms with van der Waals surface area (Å²) in [5, 5.41) is 3.39. The molecule has 1 saturated carbocycles. The highest BCUT2D eigenvalue weighted by Gasteiger charge is 2.20. The summed E-state index contributed by atoms with van der Waals surface area (Å²) in [5.41, 5.74) is 1.96. The van der Waals surface area contributed by atoms with Crippen LogP contribution in [0.5, 0.6) is 5.75 Å². The molecule has 1 aliphatic rings. The Morgan fingerprint density at radius 1 is 1.14 bits per heavy atom. The van der Waals surface area contributed by atoms with Gasteiger partial charge in [0.2, 0.25) is 0 Å². The molecule has 0 radical (unpaired) electrons. The topological polar surface area (TPSA) is 21.3 Å². The third kappa shape index (κ3) is 4.29. The Hall–Kier alpha value is -1.39. The lowest BCUT2D eigenvalue weighted by Gasteiger charge is -2.12. The number of halogens is 2. The van der Waals surface area contributed by atoms with Crippen molar-refractivity contribution in [2.75, 3.05) is 0 Å². The van der Waals surface area contributed by atoms with Crippen molar-refractivity contribution in [2.24, 2.45) is 0 Å². The van der Waals surface area contributed by atoms with E-state index in [0.29, 0.717) is 19.2 Å². The van der Waals surface area contributed by atoms with Crippen molar-refractivity contribution < 1.29 is 9.13 Å². The van der Waals surface area contributed by atoms with Gasteiger partial charge in [0, 0.05) is 22.6 Å². The molecule has 2 nitrogen and oxygen atoms in total. The summed E-state index contributed by atoms with van der Waals surface area (Å²) in [5.74, 6) is 0.519. The largest absolute Gasteiger partial charge is 0.489 e. The van der Waals surface area contributed by atoms with Gasteiger partial charge < -0.3 is 10.1 Å². The second-order valence-electron chi connectivity index (χ2n) is 5.32. The first-order chi connectivity index (χ1) is 10.2. The maximum atomic E-state index is 13.4. The van der Waals surface area contributed by atoms with Crippen molar-refractivity contribution >= 4 is 15.9 Å². The van der Waals surface area contributed by atoms with Crippen LogP contribution in [0.1, 0.15) is 24.0 Å². The van der Waals surface area contributed by atoms with Crippen LogP contribution in [0.2, 0.25) is 0 Å². The van der Waals surface area contributed by atoms with Crippen molar-refractivity contribution in [2.45, 2.75) is 32.0 Å². The average Bonchev–Trinajstić information content (AvgIpc) is 3.30. The molecule has 0 saturated heterocycles. The second-order valence-corrected chi connectivity index (χ2v) is 6.24. The molecule has 0 heterocycles. The van der Waals surface area contributed by atoms with Crippen molar-refractivity contribution in [1.29, 1.82) is 0 Å². The zero-order valence-corrected chi connectivity index (χ0v) is 13.2. The Bertz CT molecular complexity index is 611. The fourth-order valence-corrected chi connectivity index (χ4v) is 2.37. The molecular formula is C17H17BrFNO. The maximum absolute atomic E-state index is 13.4. The van der Waals surface area contributed by atoms with E-state index < -0.39 is 0 Å². The number of benzene rings is 2. The number of hydrogen-bond donors (Lipinski definition) is 1. The van der Waals surface area contributed by atoms with Gasteiger partial charge in [0.25, 0.3) is 0 Å². The van der Waals surface area contributed by atoms with Crippen LogP contribution in [-0.4, -0.2) is 6.04 Å². The summed E-state index contributed by atoms with van der Waals surface area (Å²) in [4.78, 5) is 0. The molecule has 2 aromatic rings. The summed E-state index contributed by atoms with van der Waals surface area (Å²) >= 11 is 3.41. The summed E-state index contributed by atoms with van der Waals surface area (Å²) in [6, 6.07) is 13.3. The molecule has 1 N–H and O–H groups in total. The van der Waals surface area contributed by atoms with Crippen LogP contribution in [0, 0.1) is 5.82 Å². The monoisotopic (exact) mass is 349 g/mol. The SMILES string of the molecule is Fc1ccc(OCc2ccc(Br)cc2)c(CNC2CC2)c1. The van der Waals surface area contributed by atoms with Gasteiger partial charge in [0.05, 0.1) is 0 Å². The first-order valence-corrected chi connectivity index (χ1v) is 7.89. The number of ether oxygens (including phenoxy) is 1. The van der Waals surface area contributed by atoms with Crippen LogP contribution in [0.4, 0.5) is 4.39 Å². The maximum Gasteiger partial charge on any atom is 0.124 e. The Kier molecular flexibility index (Phi) is 4.56. The van der Waals surface area contributed by atoms with Gasteiger partial charge in [-0.2, -0.15) is 0 Å². The van der Waals surface area contributed by atoms with Gasteiger partial charge in [-0.25, -0.2) is 4.39 Å². The molecule has 110 valence electrons. The summed E-state index contributed by atoms with van der Waals surface area (Å²) in [6.07, 6.45) is 2.43. The van der Waals surface area contributed by atoms with E-state index in [4.69, 9.17) is 4.74 Å². The van der Waals surface area contributed by atoms with E-state index in [1.54, 1.807) is 12.1 Å². The lowest BCUT2D eigenvalue weighted by atomic mass is 10.2. The number of rotatable bonds is 6. The van der Waals surface area contributed by atoms with Crippen LogP contribution in [-0.2, 0) is 13.2 Å². The van der Waals surface area contributed by atoms with Gasteiger partial charge in [-0.1, -0.05) is 28.1 Å². The van der Waals surface area contributed by atoms with Gasteiger partial charge >= 0.3 is 0 Å². The summed E-state index contributed by atoms with van der Waals surface area (Å²) in [6.45, 7) is 1.13. The van der Waals surface area contributed by atoms with Gasteiger partial charge in [-0.05, 0) is 48.7 Å². The average molecular weight is 350 g/mol. The molecule has 0 spiro atoms. The minimum absolute atomic E-state index is 0.224. The smallest absolute Gasteiger partial charge is 0.124 e. The highest BCUT2D eigenvalue weighted by atomic mass is 79.9. The molecule has 4 heteroatoms. The molecular weight excluding hydrogens is 333 g/mol. The fourth-order valence-electron chi connectivity index (χ4n) is 2.11. The van der Waals surface area contributed by atoms with E-state index in [1.165, 1.54) is 18.9 Å². The first-order valence-electron chi connectivity index (χ1n) is 7.10. The number of hydrogen-bond acceptors (Lipinski definition) is 2. The minimum atomic E-state index is -0.224. The van der Waals surface area contributed by atoms with Crippen LogP contribution in [0.3, 0.4) is 0 Å². The molecule has 2 aromatic carbocycles. The first kappa shape index (κ1) is 14.5. The van der Waals surface area contributed by atoms with E-state index in [9.17, 15) is 4.39 Å². The van der Waals surface area contributed by atoms with Gasteiger partial charge in [0.1, 0.15) is 18.2 Å². The van der Waals surface area contributed by atoms with E-state index in [0.717, 1.165) is 21.3 Å². The number of nitrogens with one attached hydrogen (secondary N) is 1. The van der Waals surface area contributed by atoms with Gasteiger partial charge in [0.15, 0.2) is 0 Å². The van der Waals surface area contributed by atoms with E-state index in [2.05, 4.69) is 21.2 Å². The molecule has 0 aromatic heterocycles. The van der Waals surface area contributed by atoms with E-state index in [1.807, 2.05) is 24.3 Å². The summed E-state index contributed by atoms with van der Waals surface area (Å²) < 4.78 is 20.3. The molecule has 0 bridgehead atoms. The lowest BCUT2D eigenvalue weighted by Crippen LogP contribution is -2.16. The predicted octanol–water partition coefficient (Wildman–Crippen LogP) is 4.42. The highest BCUT2D eigenvalue weighted by Crippen LogP contribution is 2.24. The summed E-state index contributed by atoms with van der Waals surface area (Å²) in [7, 11) is 0. The van der Waals surface area contributed by atoms with Gasteiger partial charge in [-0.15, -0.1) is 0 Å². The van der Waals surface area contributed by atoms with Crippen LogP contribution in [0.15, 0.2) is 46.9 Å². The Balaban J connectivity index is 1.66.